The van der Waals surface area contributed by atoms with Gasteiger partial charge < -0.3 is 10.1 Å². The van der Waals surface area contributed by atoms with Crippen molar-refractivity contribution in [3.8, 4) is 16.2 Å². The van der Waals surface area contributed by atoms with Gasteiger partial charge in [-0.15, -0.1) is 22.7 Å². The molecule has 1 aromatic carbocycles. The van der Waals surface area contributed by atoms with E-state index in [2.05, 4.69) is 10.3 Å². The molecule has 0 fully saturated rings. The molecule has 0 aliphatic carbocycles. The molecule has 4 heterocycles. The first-order chi connectivity index (χ1) is 15.9. The molecular formula is C23H17Cl2N3O3S2. The first kappa shape index (κ1) is 22.2. The van der Waals surface area contributed by atoms with Crippen molar-refractivity contribution in [2.75, 3.05) is 6.54 Å². The van der Waals surface area contributed by atoms with Crippen LogP contribution in [0.2, 0.25) is 10.2 Å². The zero-order chi connectivity index (χ0) is 23.1. The van der Waals surface area contributed by atoms with Gasteiger partial charge in [0.2, 0.25) is 5.91 Å². The van der Waals surface area contributed by atoms with Gasteiger partial charge in [-0.25, -0.2) is 4.98 Å². The van der Waals surface area contributed by atoms with E-state index in [1.54, 1.807) is 13.0 Å². The molecule has 4 aromatic rings. The first-order valence-electron chi connectivity index (χ1n) is 10.1. The lowest BCUT2D eigenvalue weighted by Crippen LogP contribution is -2.33. The second-order valence-corrected chi connectivity index (χ2v) is 10.3. The number of nitrogens with zero attached hydrogens (tertiary/aromatic N) is 2. The predicted octanol–water partition coefficient (Wildman–Crippen LogP) is 5.77. The summed E-state index contributed by atoms with van der Waals surface area (Å²) < 4.78 is 7.82. The Morgan fingerprint density at radius 3 is 2.97 bits per heavy atom. The van der Waals surface area contributed by atoms with Crippen molar-refractivity contribution in [1.82, 2.24) is 14.7 Å². The summed E-state index contributed by atoms with van der Waals surface area (Å²) in [6.07, 6.45) is 5.35. The van der Waals surface area contributed by atoms with Gasteiger partial charge in [-0.3, -0.25) is 14.0 Å². The van der Waals surface area contributed by atoms with Gasteiger partial charge in [-0.05, 0) is 42.8 Å². The summed E-state index contributed by atoms with van der Waals surface area (Å²) in [5.41, 5.74) is 2.59. The Balaban J connectivity index is 1.23. The minimum absolute atomic E-state index is 0.0435. The third kappa shape index (κ3) is 4.44. The number of thiazole rings is 1. The van der Waals surface area contributed by atoms with Crippen molar-refractivity contribution in [2.45, 2.75) is 19.4 Å². The number of hydrogen-bond acceptors (Lipinski definition) is 6. The van der Waals surface area contributed by atoms with Crippen molar-refractivity contribution in [3.63, 3.8) is 0 Å². The molecule has 0 radical (unpaired) electrons. The highest BCUT2D eigenvalue weighted by Gasteiger charge is 2.26. The average molecular weight is 518 g/mol. The van der Waals surface area contributed by atoms with Crippen LogP contribution in [0.3, 0.4) is 0 Å². The van der Waals surface area contributed by atoms with Crippen molar-refractivity contribution in [2.24, 2.45) is 0 Å². The Bertz CT molecular complexity index is 1420. The van der Waals surface area contributed by atoms with Gasteiger partial charge in [-0.2, -0.15) is 0 Å². The van der Waals surface area contributed by atoms with Crippen molar-refractivity contribution in [3.05, 3.63) is 68.2 Å². The van der Waals surface area contributed by atoms with Gasteiger partial charge in [0.05, 0.1) is 22.1 Å². The van der Waals surface area contributed by atoms with Crippen LogP contribution in [-0.4, -0.2) is 33.7 Å². The summed E-state index contributed by atoms with van der Waals surface area (Å²) in [6.45, 7) is 1.89. The normalized spacial score (nSPS) is 15.2. The summed E-state index contributed by atoms with van der Waals surface area (Å²) in [5.74, 6) is 0.435. The fourth-order valence-electron chi connectivity index (χ4n) is 3.68. The lowest BCUT2D eigenvalue weighted by Gasteiger charge is -2.11. The number of fused-ring (bicyclic) bond motifs is 2. The molecule has 33 heavy (non-hydrogen) atoms. The minimum atomic E-state index is -0.252. The molecule has 1 amide bonds. The Kier molecular flexibility index (Phi) is 6.01. The van der Waals surface area contributed by atoms with Crippen LogP contribution in [0.4, 0.5) is 0 Å². The third-order valence-corrected chi connectivity index (χ3v) is 7.79. The molecule has 1 unspecified atom stereocenters. The number of halogens is 2. The average Bonchev–Trinajstić information content (AvgIpc) is 3.54. The molecule has 6 nitrogen and oxygen atoms in total. The lowest BCUT2D eigenvalue weighted by atomic mass is 10.1. The summed E-state index contributed by atoms with van der Waals surface area (Å²) in [6, 6.07) is 7.63. The first-order valence-corrected chi connectivity index (χ1v) is 12.5. The fourth-order valence-corrected chi connectivity index (χ4v) is 5.86. The Hall–Kier alpha value is -2.65. The number of aromatic nitrogens is 2. The molecule has 0 saturated heterocycles. The van der Waals surface area contributed by atoms with Gasteiger partial charge in [0.25, 0.3) is 0 Å². The molecule has 3 aromatic heterocycles. The summed E-state index contributed by atoms with van der Waals surface area (Å²) in [5, 5.41) is 5.64. The van der Waals surface area contributed by atoms with E-state index < -0.39 is 0 Å². The zero-order valence-electron chi connectivity index (χ0n) is 17.3. The highest BCUT2D eigenvalue weighted by atomic mass is 35.5. The maximum atomic E-state index is 12.3. The molecule has 0 saturated carbocycles. The minimum Gasteiger partial charge on any atom is -0.486 e. The quantitative estimate of drug-likeness (QED) is 0.260. The largest absolute Gasteiger partial charge is 0.486 e. The summed E-state index contributed by atoms with van der Waals surface area (Å²) >= 11 is 15.5. The number of ketones is 1. The van der Waals surface area contributed by atoms with E-state index in [0.717, 1.165) is 21.0 Å². The molecule has 1 N–H and O–H groups in total. The Labute approximate surface area is 207 Å². The number of rotatable bonds is 6. The topological polar surface area (TPSA) is 72.7 Å². The Morgan fingerprint density at radius 1 is 1.33 bits per heavy atom. The molecule has 1 atom stereocenters. The van der Waals surface area contributed by atoms with Gasteiger partial charge in [0.1, 0.15) is 11.9 Å². The number of carbonyl (C=O) groups excluding carboxylic acids is 2. The van der Waals surface area contributed by atoms with Gasteiger partial charge >= 0.3 is 0 Å². The Morgan fingerprint density at radius 2 is 2.18 bits per heavy atom. The number of ether oxygens (including phenoxy) is 1. The third-order valence-electron chi connectivity index (χ3n) is 5.24. The van der Waals surface area contributed by atoms with Gasteiger partial charge in [0.15, 0.2) is 15.9 Å². The van der Waals surface area contributed by atoms with E-state index >= 15 is 0 Å². The van der Waals surface area contributed by atoms with Crippen LogP contribution in [0, 0.1) is 0 Å². The molecule has 5 rings (SSSR count). The van der Waals surface area contributed by atoms with Crippen LogP contribution < -0.4 is 10.1 Å². The maximum Gasteiger partial charge on any atom is 0.244 e. The maximum absolute atomic E-state index is 12.3. The predicted molar refractivity (Wildman–Crippen MR) is 133 cm³/mol. The molecule has 0 spiro atoms. The van der Waals surface area contributed by atoms with Gasteiger partial charge in [0, 0.05) is 34.5 Å². The molecule has 0 bridgehead atoms. The number of nitrogens with one attached hydrogen (secondary N) is 1. The molecular weight excluding hydrogens is 501 g/mol. The number of imidazole rings is 1. The fraction of sp³-hybridized carbons (Fsp3) is 0.174. The van der Waals surface area contributed by atoms with Crippen LogP contribution in [0.1, 0.15) is 27.9 Å². The van der Waals surface area contributed by atoms with Crippen molar-refractivity contribution < 1.29 is 14.3 Å². The monoisotopic (exact) mass is 517 g/mol. The number of benzene rings is 1. The van der Waals surface area contributed by atoms with E-state index in [0.29, 0.717) is 39.5 Å². The summed E-state index contributed by atoms with van der Waals surface area (Å²) in [7, 11) is 0. The smallest absolute Gasteiger partial charge is 0.244 e. The van der Waals surface area contributed by atoms with Crippen LogP contribution >= 0.6 is 45.9 Å². The van der Waals surface area contributed by atoms with Crippen LogP contribution in [-0.2, 0) is 11.2 Å². The number of carbonyl (C=O) groups is 2. The van der Waals surface area contributed by atoms with E-state index in [1.165, 1.54) is 28.7 Å². The van der Waals surface area contributed by atoms with Gasteiger partial charge in [-0.1, -0.05) is 23.2 Å². The lowest BCUT2D eigenvalue weighted by molar-refractivity contribution is -0.116. The van der Waals surface area contributed by atoms with E-state index in [1.807, 2.05) is 40.2 Å². The molecule has 168 valence electrons. The highest BCUT2D eigenvalue weighted by molar-refractivity contribution is 7.17. The zero-order valence-corrected chi connectivity index (χ0v) is 20.4. The van der Waals surface area contributed by atoms with E-state index in [9.17, 15) is 9.59 Å². The van der Waals surface area contributed by atoms with Crippen molar-refractivity contribution in [1.29, 1.82) is 0 Å². The van der Waals surface area contributed by atoms with Crippen LogP contribution in [0.25, 0.3) is 21.5 Å². The van der Waals surface area contributed by atoms with Crippen LogP contribution in [0.5, 0.6) is 5.75 Å². The second-order valence-electron chi connectivity index (χ2n) is 7.53. The molecule has 1 aliphatic heterocycles. The van der Waals surface area contributed by atoms with E-state index in [-0.39, 0.29) is 17.8 Å². The molecule has 10 heteroatoms. The number of hydrogen-bond donors (Lipinski definition) is 1. The SMILES string of the molecule is CC(=O)c1ccc(-c2cc(Cl)c3c(c2)CC(CNC(=O)/C=C/c2c(Cl)nc4sccn24)O3)s1. The van der Waals surface area contributed by atoms with E-state index in [4.69, 9.17) is 27.9 Å². The molecule has 1 aliphatic rings. The standard InChI is InChI=1S/C23H17Cl2N3O3S2/c1-12(29)18-3-4-19(33-18)13-8-14-9-15(31-21(14)16(24)10-13)11-26-20(30)5-2-17-22(25)27-23-28(17)6-7-32-23/h2-8,10,15H,9,11H2,1H3,(H,26,30)/b5-2+. The number of thiophene rings is 1. The number of amides is 1. The second kappa shape index (κ2) is 8.95. The van der Waals surface area contributed by atoms with Crippen molar-refractivity contribution >= 4 is 68.6 Å². The summed E-state index contributed by atoms with van der Waals surface area (Å²) in [4.78, 5) is 30.7. The highest BCUT2D eigenvalue weighted by Crippen LogP contribution is 2.41. The number of Topliss-reactive ketones (excluding diaryl/α,β-unsaturated/α-hetero) is 1. The van der Waals surface area contributed by atoms with Crippen LogP contribution in [0.15, 0.2) is 41.9 Å².